The molecule has 0 aliphatic carbocycles. The van der Waals surface area contributed by atoms with E-state index in [9.17, 15) is 4.79 Å². The fraction of sp³-hybridized carbons (Fsp3) is 0.118. The Kier molecular flexibility index (Phi) is 3.80. The summed E-state index contributed by atoms with van der Waals surface area (Å²) in [5.74, 6) is -0.308. The van der Waals surface area contributed by atoms with Crippen LogP contribution in [0.5, 0.6) is 0 Å². The number of fused-ring (bicyclic) bond motifs is 1. The van der Waals surface area contributed by atoms with E-state index in [1.54, 1.807) is 6.07 Å². The van der Waals surface area contributed by atoms with Crippen LogP contribution in [0.4, 0.5) is 0 Å². The molecular formula is C17H14BrNO2. The Labute approximate surface area is 131 Å². The smallest absolute Gasteiger partial charge is 0.337 e. The van der Waals surface area contributed by atoms with Gasteiger partial charge in [0.05, 0.1) is 12.7 Å². The van der Waals surface area contributed by atoms with E-state index in [1.165, 1.54) is 12.7 Å². The molecule has 0 bridgehead atoms. The summed E-state index contributed by atoms with van der Waals surface area (Å²) in [7, 11) is 1.39. The average Bonchev–Trinajstić information content (AvgIpc) is 2.91. The molecule has 0 amide bonds. The summed E-state index contributed by atoms with van der Waals surface area (Å²) in [4.78, 5) is 11.6. The number of benzene rings is 2. The topological polar surface area (TPSA) is 31.2 Å². The number of rotatable bonds is 3. The SMILES string of the molecule is COC(=O)c1ccc2c(ccn2Cc2ccc(Br)cc2)c1. The van der Waals surface area contributed by atoms with Crippen LogP contribution in [-0.4, -0.2) is 17.6 Å². The number of halogens is 1. The molecule has 0 spiro atoms. The summed E-state index contributed by atoms with van der Waals surface area (Å²) in [5, 5.41) is 1.04. The van der Waals surface area contributed by atoms with Crippen molar-refractivity contribution in [3.8, 4) is 0 Å². The molecule has 21 heavy (non-hydrogen) atoms. The first-order valence-electron chi connectivity index (χ1n) is 6.59. The van der Waals surface area contributed by atoms with Crippen LogP contribution in [0.2, 0.25) is 0 Å². The molecule has 3 aromatic rings. The van der Waals surface area contributed by atoms with Crippen molar-refractivity contribution in [2.75, 3.05) is 7.11 Å². The van der Waals surface area contributed by atoms with Crippen LogP contribution >= 0.6 is 15.9 Å². The highest BCUT2D eigenvalue weighted by atomic mass is 79.9. The van der Waals surface area contributed by atoms with Gasteiger partial charge >= 0.3 is 5.97 Å². The van der Waals surface area contributed by atoms with Gasteiger partial charge in [0.15, 0.2) is 0 Å². The quantitative estimate of drug-likeness (QED) is 0.666. The predicted molar refractivity (Wildman–Crippen MR) is 86.5 cm³/mol. The van der Waals surface area contributed by atoms with E-state index in [2.05, 4.69) is 32.6 Å². The molecule has 0 saturated heterocycles. The number of hydrogen-bond acceptors (Lipinski definition) is 2. The molecular weight excluding hydrogens is 330 g/mol. The zero-order valence-electron chi connectivity index (χ0n) is 11.5. The summed E-state index contributed by atoms with van der Waals surface area (Å²) in [6, 6.07) is 15.9. The Morgan fingerprint density at radius 2 is 1.90 bits per heavy atom. The van der Waals surface area contributed by atoms with E-state index in [0.717, 1.165) is 21.9 Å². The molecule has 4 heteroatoms. The lowest BCUT2D eigenvalue weighted by Crippen LogP contribution is -2.01. The molecule has 0 unspecified atom stereocenters. The third-order valence-electron chi connectivity index (χ3n) is 3.46. The van der Waals surface area contributed by atoms with E-state index >= 15 is 0 Å². The zero-order chi connectivity index (χ0) is 14.8. The van der Waals surface area contributed by atoms with Gasteiger partial charge in [-0.3, -0.25) is 0 Å². The van der Waals surface area contributed by atoms with Crippen molar-refractivity contribution < 1.29 is 9.53 Å². The maximum Gasteiger partial charge on any atom is 0.337 e. The second-order valence-corrected chi connectivity index (χ2v) is 5.75. The Balaban J connectivity index is 1.93. The molecule has 0 aliphatic rings. The molecule has 2 aromatic carbocycles. The molecule has 3 nitrogen and oxygen atoms in total. The van der Waals surface area contributed by atoms with Gasteiger partial charge in [0.2, 0.25) is 0 Å². The van der Waals surface area contributed by atoms with Gasteiger partial charge in [0.25, 0.3) is 0 Å². The van der Waals surface area contributed by atoms with Crippen molar-refractivity contribution in [3.63, 3.8) is 0 Å². The Morgan fingerprint density at radius 1 is 1.14 bits per heavy atom. The van der Waals surface area contributed by atoms with E-state index < -0.39 is 0 Å². The Hall–Kier alpha value is -2.07. The maximum absolute atomic E-state index is 11.6. The summed E-state index contributed by atoms with van der Waals surface area (Å²) in [6.45, 7) is 0.800. The van der Waals surface area contributed by atoms with Gasteiger partial charge < -0.3 is 9.30 Å². The highest BCUT2D eigenvalue weighted by Gasteiger charge is 2.08. The van der Waals surface area contributed by atoms with Crippen molar-refractivity contribution in [3.05, 3.63) is 70.3 Å². The van der Waals surface area contributed by atoms with E-state index in [-0.39, 0.29) is 5.97 Å². The standard InChI is InChI=1S/C17H14BrNO2/c1-21-17(20)14-4-7-16-13(10-14)8-9-19(16)11-12-2-5-15(18)6-3-12/h2-10H,11H2,1H3. The van der Waals surface area contributed by atoms with Crippen molar-refractivity contribution in [1.29, 1.82) is 0 Å². The third kappa shape index (κ3) is 2.85. The summed E-state index contributed by atoms with van der Waals surface area (Å²) >= 11 is 3.44. The van der Waals surface area contributed by atoms with Gasteiger partial charge in [-0.2, -0.15) is 0 Å². The van der Waals surface area contributed by atoms with E-state index in [4.69, 9.17) is 4.74 Å². The molecule has 0 fully saturated rings. The summed E-state index contributed by atoms with van der Waals surface area (Å²) in [5.41, 5.74) is 2.91. The molecule has 3 rings (SSSR count). The van der Waals surface area contributed by atoms with Crippen molar-refractivity contribution in [2.45, 2.75) is 6.54 Å². The fourth-order valence-corrected chi connectivity index (χ4v) is 2.63. The highest BCUT2D eigenvalue weighted by molar-refractivity contribution is 9.10. The minimum absolute atomic E-state index is 0.308. The first-order chi connectivity index (χ1) is 10.2. The molecule has 0 radical (unpaired) electrons. The van der Waals surface area contributed by atoms with Crippen molar-refractivity contribution in [2.24, 2.45) is 0 Å². The van der Waals surface area contributed by atoms with Crippen LogP contribution in [-0.2, 0) is 11.3 Å². The van der Waals surface area contributed by atoms with Crippen molar-refractivity contribution >= 4 is 32.8 Å². The summed E-state index contributed by atoms with van der Waals surface area (Å²) < 4.78 is 7.99. The minimum atomic E-state index is -0.308. The molecule has 0 N–H and O–H groups in total. The molecule has 1 heterocycles. The molecule has 0 saturated carbocycles. The van der Waals surface area contributed by atoms with Crippen LogP contribution < -0.4 is 0 Å². The predicted octanol–water partition coefficient (Wildman–Crippen LogP) is 4.24. The minimum Gasteiger partial charge on any atom is -0.465 e. The average molecular weight is 344 g/mol. The molecule has 0 aliphatic heterocycles. The van der Waals surface area contributed by atoms with Crippen LogP contribution in [0.3, 0.4) is 0 Å². The number of methoxy groups -OCH3 is 1. The van der Waals surface area contributed by atoms with Gasteiger partial charge in [0, 0.05) is 28.1 Å². The van der Waals surface area contributed by atoms with Gasteiger partial charge in [-0.1, -0.05) is 28.1 Å². The number of aromatic nitrogens is 1. The number of ether oxygens (including phenoxy) is 1. The third-order valence-corrected chi connectivity index (χ3v) is 3.99. The van der Waals surface area contributed by atoms with E-state index in [1.807, 2.05) is 36.5 Å². The monoisotopic (exact) mass is 343 g/mol. The largest absolute Gasteiger partial charge is 0.465 e. The lowest BCUT2D eigenvalue weighted by Gasteiger charge is -2.06. The van der Waals surface area contributed by atoms with Gasteiger partial charge in [0.1, 0.15) is 0 Å². The maximum atomic E-state index is 11.6. The first kappa shape index (κ1) is 13.9. The fourth-order valence-electron chi connectivity index (χ4n) is 2.37. The highest BCUT2D eigenvalue weighted by Crippen LogP contribution is 2.20. The lowest BCUT2D eigenvalue weighted by molar-refractivity contribution is 0.0601. The van der Waals surface area contributed by atoms with E-state index in [0.29, 0.717) is 5.56 Å². The number of carbonyl (C=O) groups is 1. The Morgan fingerprint density at radius 3 is 2.62 bits per heavy atom. The number of esters is 1. The number of nitrogens with zero attached hydrogens (tertiary/aromatic N) is 1. The van der Waals surface area contributed by atoms with Crippen LogP contribution in [0, 0.1) is 0 Å². The first-order valence-corrected chi connectivity index (χ1v) is 7.38. The molecule has 0 atom stereocenters. The Bertz CT molecular complexity index is 790. The number of hydrogen-bond donors (Lipinski definition) is 0. The van der Waals surface area contributed by atoms with Crippen LogP contribution in [0.1, 0.15) is 15.9 Å². The number of carbonyl (C=O) groups excluding carboxylic acids is 1. The summed E-state index contributed by atoms with van der Waals surface area (Å²) in [6.07, 6.45) is 2.04. The normalized spacial score (nSPS) is 10.8. The van der Waals surface area contributed by atoms with Gasteiger partial charge in [-0.15, -0.1) is 0 Å². The van der Waals surface area contributed by atoms with Crippen LogP contribution in [0.25, 0.3) is 10.9 Å². The second kappa shape index (κ2) is 5.74. The zero-order valence-corrected chi connectivity index (χ0v) is 13.1. The second-order valence-electron chi connectivity index (χ2n) is 4.84. The lowest BCUT2D eigenvalue weighted by atomic mass is 10.1. The van der Waals surface area contributed by atoms with Gasteiger partial charge in [-0.25, -0.2) is 4.79 Å². The van der Waals surface area contributed by atoms with Crippen LogP contribution in [0.15, 0.2) is 59.2 Å². The van der Waals surface area contributed by atoms with Crippen molar-refractivity contribution in [1.82, 2.24) is 4.57 Å². The molecule has 106 valence electrons. The van der Waals surface area contributed by atoms with Gasteiger partial charge in [-0.05, 0) is 42.0 Å². The molecule has 1 aromatic heterocycles.